The van der Waals surface area contributed by atoms with Crippen molar-refractivity contribution in [1.82, 2.24) is 10.1 Å². The van der Waals surface area contributed by atoms with E-state index >= 15 is 0 Å². The van der Waals surface area contributed by atoms with Crippen molar-refractivity contribution < 1.29 is 4.52 Å². The Hall–Kier alpha value is -0.900. The van der Waals surface area contributed by atoms with Crippen LogP contribution in [-0.2, 0) is 5.54 Å². The molecule has 0 bridgehead atoms. The first-order valence-electron chi connectivity index (χ1n) is 6.28. The minimum atomic E-state index is -0.326. The van der Waals surface area contributed by atoms with Crippen molar-refractivity contribution in [1.29, 1.82) is 0 Å². The average molecular weight is 223 g/mol. The second kappa shape index (κ2) is 4.53. The van der Waals surface area contributed by atoms with Crippen molar-refractivity contribution in [3.63, 3.8) is 0 Å². The fraction of sp³-hybridized carbons (Fsp3) is 0.833. The van der Waals surface area contributed by atoms with Crippen LogP contribution in [0.2, 0.25) is 0 Å². The predicted molar refractivity (Wildman–Crippen MR) is 62.0 cm³/mol. The molecule has 4 heteroatoms. The Morgan fingerprint density at radius 1 is 1.44 bits per heavy atom. The van der Waals surface area contributed by atoms with Crippen molar-refractivity contribution in [3.8, 4) is 0 Å². The molecule has 1 aromatic heterocycles. The van der Waals surface area contributed by atoms with E-state index in [1.165, 1.54) is 12.8 Å². The van der Waals surface area contributed by atoms with Crippen LogP contribution in [0, 0.1) is 0 Å². The molecule has 1 unspecified atom stereocenters. The van der Waals surface area contributed by atoms with Crippen LogP contribution in [0.25, 0.3) is 0 Å². The highest BCUT2D eigenvalue weighted by Crippen LogP contribution is 2.35. The molecular formula is C12H21N3O. The van der Waals surface area contributed by atoms with Crippen LogP contribution in [0.4, 0.5) is 0 Å². The van der Waals surface area contributed by atoms with E-state index in [9.17, 15) is 0 Å². The molecule has 0 aliphatic heterocycles. The van der Waals surface area contributed by atoms with Gasteiger partial charge in [-0.3, -0.25) is 0 Å². The predicted octanol–water partition coefficient (Wildman–Crippen LogP) is 2.70. The van der Waals surface area contributed by atoms with Crippen LogP contribution in [-0.4, -0.2) is 10.1 Å². The molecule has 2 N–H and O–H groups in total. The van der Waals surface area contributed by atoms with Gasteiger partial charge < -0.3 is 10.3 Å². The molecule has 0 spiro atoms. The van der Waals surface area contributed by atoms with Gasteiger partial charge in [-0.1, -0.05) is 38.3 Å². The molecule has 1 aromatic rings. The molecule has 0 radical (unpaired) electrons. The zero-order chi connectivity index (χ0) is 11.6. The van der Waals surface area contributed by atoms with Gasteiger partial charge in [-0.2, -0.15) is 4.98 Å². The van der Waals surface area contributed by atoms with Gasteiger partial charge in [0.05, 0.1) is 5.54 Å². The summed E-state index contributed by atoms with van der Waals surface area (Å²) in [7, 11) is 0. The van der Waals surface area contributed by atoms with Crippen LogP contribution in [0.1, 0.15) is 70.0 Å². The van der Waals surface area contributed by atoms with Gasteiger partial charge in [-0.05, 0) is 19.3 Å². The number of aromatic nitrogens is 2. The normalized spacial score (nSPS) is 21.2. The van der Waals surface area contributed by atoms with Crippen molar-refractivity contribution in [2.75, 3.05) is 0 Å². The van der Waals surface area contributed by atoms with E-state index in [0.29, 0.717) is 11.7 Å². The van der Waals surface area contributed by atoms with Crippen molar-refractivity contribution >= 4 is 0 Å². The summed E-state index contributed by atoms with van der Waals surface area (Å²) >= 11 is 0. The summed E-state index contributed by atoms with van der Waals surface area (Å²) in [6.45, 7) is 4.29. The molecule has 0 amide bonds. The number of rotatable bonds is 4. The van der Waals surface area contributed by atoms with Gasteiger partial charge in [0.25, 0.3) is 0 Å². The minimum Gasteiger partial charge on any atom is -0.339 e. The first kappa shape index (κ1) is 11.6. The lowest BCUT2D eigenvalue weighted by Crippen LogP contribution is -2.34. The first-order valence-corrected chi connectivity index (χ1v) is 6.28. The summed E-state index contributed by atoms with van der Waals surface area (Å²) in [5.74, 6) is 1.80. The Morgan fingerprint density at radius 2 is 2.12 bits per heavy atom. The highest BCUT2D eigenvalue weighted by molar-refractivity contribution is 5.07. The van der Waals surface area contributed by atoms with E-state index in [4.69, 9.17) is 10.3 Å². The Bertz CT molecular complexity index is 342. The molecule has 1 aliphatic rings. The highest BCUT2D eigenvalue weighted by atomic mass is 16.5. The standard InChI is InChI=1S/C12H21N3O/c1-3-6-9(2)10-14-11(15-16-10)12(13)7-4-5-8-12/h9H,3-8,13H2,1-2H3. The second-order valence-corrected chi connectivity index (χ2v) is 5.01. The summed E-state index contributed by atoms with van der Waals surface area (Å²) in [5, 5.41) is 4.06. The first-order chi connectivity index (χ1) is 7.65. The zero-order valence-electron chi connectivity index (χ0n) is 10.2. The van der Waals surface area contributed by atoms with Crippen LogP contribution in [0.5, 0.6) is 0 Å². The Morgan fingerprint density at radius 3 is 2.75 bits per heavy atom. The Labute approximate surface area is 96.6 Å². The summed E-state index contributed by atoms with van der Waals surface area (Å²) < 4.78 is 5.32. The summed E-state index contributed by atoms with van der Waals surface area (Å²) in [6, 6.07) is 0. The molecule has 90 valence electrons. The van der Waals surface area contributed by atoms with Crippen LogP contribution >= 0.6 is 0 Å². The molecule has 1 aliphatic carbocycles. The summed E-state index contributed by atoms with van der Waals surface area (Å²) in [5.41, 5.74) is 5.96. The van der Waals surface area contributed by atoms with Gasteiger partial charge >= 0.3 is 0 Å². The monoisotopic (exact) mass is 223 g/mol. The second-order valence-electron chi connectivity index (χ2n) is 5.01. The average Bonchev–Trinajstić information content (AvgIpc) is 2.86. The van der Waals surface area contributed by atoms with E-state index in [1.807, 2.05) is 0 Å². The quantitative estimate of drug-likeness (QED) is 0.852. The van der Waals surface area contributed by atoms with E-state index in [2.05, 4.69) is 24.0 Å². The van der Waals surface area contributed by atoms with Gasteiger partial charge in [0.1, 0.15) is 0 Å². The number of hydrogen-bond donors (Lipinski definition) is 1. The molecule has 1 saturated carbocycles. The number of nitrogens with two attached hydrogens (primary N) is 1. The lowest BCUT2D eigenvalue weighted by atomic mass is 9.98. The van der Waals surface area contributed by atoms with Crippen molar-refractivity contribution in [2.45, 2.75) is 63.8 Å². The molecule has 1 heterocycles. The number of nitrogens with zero attached hydrogens (tertiary/aromatic N) is 2. The molecule has 4 nitrogen and oxygen atoms in total. The largest absolute Gasteiger partial charge is 0.339 e. The molecular weight excluding hydrogens is 202 g/mol. The van der Waals surface area contributed by atoms with Gasteiger partial charge in [-0.25, -0.2) is 0 Å². The lowest BCUT2D eigenvalue weighted by molar-refractivity contribution is 0.333. The molecule has 1 atom stereocenters. The fourth-order valence-corrected chi connectivity index (χ4v) is 2.42. The maximum Gasteiger partial charge on any atom is 0.229 e. The third-order valence-electron chi connectivity index (χ3n) is 3.53. The topological polar surface area (TPSA) is 64.9 Å². The van der Waals surface area contributed by atoms with E-state index in [0.717, 1.165) is 31.6 Å². The lowest BCUT2D eigenvalue weighted by Gasteiger charge is -2.17. The van der Waals surface area contributed by atoms with E-state index in [-0.39, 0.29) is 5.54 Å². The maximum absolute atomic E-state index is 6.28. The molecule has 16 heavy (non-hydrogen) atoms. The fourth-order valence-electron chi connectivity index (χ4n) is 2.42. The number of hydrogen-bond acceptors (Lipinski definition) is 4. The molecule has 1 fully saturated rings. The Balaban J connectivity index is 2.12. The van der Waals surface area contributed by atoms with E-state index in [1.54, 1.807) is 0 Å². The highest BCUT2D eigenvalue weighted by Gasteiger charge is 2.36. The maximum atomic E-state index is 6.28. The van der Waals surface area contributed by atoms with Gasteiger partial charge in [-0.15, -0.1) is 0 Å². The minimum absolute atomic E-state index is 0.326. The SMILES string of the molecule is CCCC(C)c1nc(C2(N)CCCC2)no1. The zero-order valence-corrected chi connectivity index (χ0v) is 10.2. The molecule has 0 aromatic carbocycles. The smallest absolute Gasteiger partial charge is 0.229 e. The Kier molecular flexibility index (Phi) is 3.28. The van der Waals surface area contributed by atoms with Crippen molar-refractivity contribution in [2.24, 2.45) is 5.73 Å². The van der Waals surface area contributed by atoms with Gasteiger partial charge in [0, 0.05) is 5.92 Å². The molecule has 0 saturated heterocycles. The summed E-state index contributed by atoms with van der Waals surface area (Å²) in [6.07, 6.45) is 6.52. The van der Waals surface area contributed by atoms with E-state index < -0.39 is 0 Å². The van der Waals surface area contributed by atoms with Gasteiger partial charge in [0.15, 0.2) is 5.82 Å². The van der Waals surface area contributed by atoms with Crippen LogP contribution in [0.3, 0.4) is 0 Å². The van der Waals surface area contributed by atoms with Gasteiger partial charge in [0.2, 0.25) is 5.89 Å². The third kappa shape index (κ3) is 2.12. The van der Waals surface area contributed by atoms with Crippen LogP contribution in [0.15, 0.2) is 4.52 Å². The summed E-state index contributed by atoms with van der Waals surface area (Å²) in [4.78, 5) is 4.48. The molecule has 2 rings (SSSR count). The van der Waals surface area contributed by atoms with Crippen LogP contribution < -0.4 is 5.73 Å². The van der Waals surface area contributed by atoms with Crippen molar-refractivity contribution in [3.05, 3.63) is 11.7 Å². The third-order valence-corrected chi connectivity index (χ3v) is 3.53.